The molecule has 0 saturated heterocycles. The van der Waals surface area contributed by atoms with Crippen LogP contribution in [-0.4, -0.2) is 23.9 Å². The zero-order valence-electron chi connectivity index (χ0n) is 15.1. The van der Waals surface area contributed by atoms with E-state index in [1.165, 1.54) is 51.4 Å². The molecule has 0 spiro atoms. The van der Waals surface area contributed by atoms with Crippen LogP contribution in [0.1, 0.15) is 98.3 Å². The van der Waals surface area contributed by atoms with Crippen molar-refractivity contribution in [3.05, 3.63) is 0 Å². The lowest BCUT2D eigenvalue weighted by atomic mass is 10.0. The fourth-order valence-electron chi connectivity index (χ4n) is 2.64. The lowest BCUT2D eigenvalue weighted by Gasteiger charge is -2.20. The van der Waals surface area contributed by atoms with Gasteiger partial charge in [0.2, 0.25) is 0 Å². The van der Waals surface area contributed by atoms with Gasteiger partial charge in [-0.15, -0.1) is 0 Å². The molecule has 0 radical (unpaired) electrons. The van der Waals surface area contributed by atoms with Gasteiger partial charge in [-0.2, -0.15) is 0 Å². The summed E-state index contributed by atoms with van der Waals surface area (Å²) in [5.74, 6) is 0.858. The molecule has 0 saturated carbocycles. The number of unbranched alkanes of at least 4 members (excludes halogenated alkanes) is 7. The zero-order valence-corrected chi connectivity index (χ0v) is 15.1. The maximum atomic E-state index is 9.68. The average Bonchev–Trinajstić information content (AvgIpc) is 2.43. The van der Waals surface area contributed by atoms with Crippen molar-refractivity contribution in [3.8, 4) is 0 Å². The summed E-state index contributed by atoms with van der Waals surface area (Å²) in [5, 5.41) is 9.68. The van der Waals surface area contributed by atoms with E-state index in [2.05, 4.69) is 20.8 Å². The zero-order chi connectivity index (χ0) is 15.9. The molecule has 2 unspecified atom stereocenters. The second-order valence-corrected chi connectivity index (χ2v) is 6.95. The molecule has 2 atom stereocenters. The summed E-state index contributed by atoms with van der Waals surface area (Å²) < 4.78 is 5.83. The van der Waals surface area contributed by atoms with Crippen molar-refractivity contribution in [3.63, 3.8) is 0 Å². The molecule has 0 aliphatic carbocycles. The Bertz CT molecular complexity index is 202. The number of hydrogen-bond acceptors (Lipinski definition) is 2. The van der Waals surface area contributed by atoms with E-state index < -0.39 is 0 Å². The van der Waals surface area contributed by atoms with Crippen LogP contribution < -0.4 is 0 Å². The van der Waals surface area contributed by atoms with E-state index in [1.54, 1.807) is 0 Å². The third-order valence-corrected chi connectivity index (χ3v) is 4.14. The van der Waals surface area contributed by atoms with Crippen molar-refractivity contribution in [2.24, 2.45) is 5.92 Å². The number of rotatable bonds is 15. The summed E-state index contributed by atoms with van der Waals surface area (Å²) in [6, 6.07) is 0. The predicted molar refractivity (Wildman–Crippen MR) is 92.7 cm³/mol. The standard InChI is InChI=1S/C19H40O2/c1-5-6-15-19(18(4)20)21-16-13-11-9-7-8-10-12-14-17(2)3/h17-20H,5-16H2,1-4H3. The van der Waals surface area contributed by atoms with Crippen molar-refractivity contribution in [1.82, 2.24) is 0 Å². The van der Waals surface area contributed by atoms with Crippen molar-refractivity contribution >= 4 is 0 Å². The van der Waals surface area contributed by atoms with E-state index >= 15 is 0 Å². The van der Waals surface area contributed by atoms with Gasteiger partial charge in [0.1, 0.15) is 0 Å². The Morgan fingerprint density at radius 3 is 1.86 bits per heavy atom. The second-order valence-electron chi connectivity index (χ2n) is 6.95. The van der Waals surface area contributed by atoms with E-state index in [0.717, 1.165) is 31.8 Å². The molecule has 128 valence electrons. The highest BCUT2D eigenvalue weighted by atomic mass is 16.5. The van der Waals surface area contributed by atoms with Gasteiger partial charge in [0.25, 0.3) is 0 Å². The van der Waals surface area contributed by atoms with Crippen LogP contribution >= 0.6 is 0 Å². The molecule has 2 heteroatoms. The molecule has 2 nitrogen and oxygen atoms in total. The van der Waals surface area contributed by atoms with Crippen molar-refractivity contribution in [2.75, 3.05) is 6.61 Å². The normalized spacial score (nSPS) is 14.6. The summed E-state index contributed by atoms with van der Waals surface area (Å²) in [6.45, 7) is 9.45. The topological polar surface area (TPSA) is 29.5 Å². The quantitative estimate of drug-likeness (QED) is 0.392. The minimum Gasteiger partial charge on any atom is -0.391 e. The van der Waals surface area contributed by atoms with Gasteiger partial charge < -0.3 is 9.84 Å². The summed E-state index contributed by atoms with van der Waals surface area (Å²) >= 11 is 0. The first kappa shape index (κ1) is 20.9. The van der Waals surface area contributed by atoms with Gasteiger partial charge in [0.15, 0.2) is 0 Å². The minimum atomic E-state index is -0.336. The Kier molecular flexibility index (Phi) is 14.8. The van der Waals surface area contributed by atoms with Gasteiger partial charge in [-0.25, -0.2) is 0 Å². The lowest BCUT2D eigenvalue weighted by Crippen LogP contribution is -2.26. The Morgan fingerprint density at radius 1 is 0.762 bits per heavy atom. The highest BCUT2D eigenvalue weighted by Gasteiger charge is 2.14. The molecular formula is C19H40O2. The Morgan fingerprint density at radius 2 is 1.33 bits per heavy atom. The third kappa shape index (κ3) is 14.6. The minimum absolute atomic E-state index is 0.0426. The molecule has 21 heavy (non-hydrogen) atoms. The first-order valence-corrected chi connectivity index (χ1v) is 9.37. The van der Waals surface area contributed by atoms with E-state index in [0.29, 0.717) is 0 Å². The van der Waals surface area contributed by atoms with Crippen molar-refractivity contribution in [2.45, 2.75) is 111 Å². The predicted octanol–water partition coefficient (Wildman–Crippen LogP) is 5.72. The van der Waals surface area contributed by atoms with Crippen LogP contribution in [0.2, 0.25) is 0 Å². The maximum Gasteiger partial charge on any atom is 0.0831 e. The molecule has 0 heterocycles. The Hall–Kier alpha value is -0.0800. The molecule has 0 rings (SSSR count). The van der Waals surface area contributed by atoms with Crippen molar-refractivity contribution < 1.29 is 9.84 Å². The molecule has 0 aromatic carbocycles. The number of hydrogen-bond donors (Lipinski definition) is 1. The average molecular weight is 301 g/mol. The van der Waals surface area contributed by atoms with Gasteiger partial charge in [-0.1, -0.05) is 78.6 Å². The van der Waals surface area contributed by atoms with Gasteiger partial charge in [-0.3, -0.25) is 0 Å². The van der Waals surface area contributed by atoms with Crippen LogP contribution in [0.5, 0.6) is 0 Å². The SMILES string of the molecule is CCCCC(OCCCCCCCCCC(C)C)C(C)O. The number of aliphatic hydroxyl groups excluding tert-OH is 1. The van der Waals surface area contributed by atoms with Crippen LogP contribution in [0.15, 0.2) is 0 Å². The van der Waals surface area contributed by atoms with Gasteiger partial charge in [0.05, 0.1) is 12.2 Å². The van der Waals surface area contributed by atoms with Gasteiger partial charge in [-0.05, 0) is 25.7 Å². The van der Waals surface area contributed by atoms with Crippen LogP contribution in [-0.2, 0) is 4.74 Å². The molecule has 0 aromatic heterocycles. The Labute approximate surface area is 133 Å². The van der Waals surface area contributed by atoms with Crippen LogP contribution in [0.25, 0.3) is 0 Å². The van der Waals surface area contributed by atoms with E-state index in [-0.39, 0.29) is 12.2 Å². The number of ether oxygens (including phenoxy) is 1. The van der Waals surface area contributed by atoms with Crippen LogP contribution in [0, 0.1) is 5.92 Å². The number of aliphatic hydroxyl groups is 1. The van der Waals surface area contributed by atoms with E-state index in [4.69, 9.17) is 4.74 Å². The Balaban J connectivity index is 3.33. The molecule has 0 aliphatic rings. The summed E-state index contributed by atoms with van der Waals surface area (Å²) in [7, 11) is 0. The summed E-state index contributed by atoms with van der Waals surface area (Å²) in [6.07, 6.45) is 13.7. The monoisotopic (exact) mass is 300 g/mol. The maximum absolute atomic E-state index is 9.68. The van der Waals surface area contributed by atoms with Crippen LogP contribution in [0.4, 0.5) is 0 Å². The molecule has 1 N–H and O–H groups in total. The smallest absolute Gasteiger partial charge is 0.0831 e. The molecule has 0 amide bonds. The largest absolute Gasteiger partial charge is 0.391 e. The lowest BCUT2D eigenvalue weighted by molar-refractivity contribution is -0.0356. The third-order valence-electron chi connectivity index (χ3n) is 4.14. The van der Waals surface area contributed by atoms with Crippen LogP contribution in [0.3, 0.4) is 0 Å². The summed E-state index contributed by atoms with van der Waals surface area (Å²) in [5.41, 5.74) is 0. The molecule has 0 aromatic rings. The molecule has 0 fully saturated rings. The first-order chi connectivity index (χ1) is 10.1. The van der Waals surface area contributed by atoms with Gasteiger partial charge in [0, 0.05) is 6.61 Å². The molecular weight excluding hydrogens is 260 g/mol. The van der Waals surface area contributed by atoms with Gasteiger partial charge >= 0.3 is 0 Å². The molecule has 0 bridgehead atoms. The summed E-state index contributed by atoms with van der Waals surface area (Å²) in [4.78, 5) is 0. The fraction of sp³-hybridized carbons (Fsp3) is 1.00. The van der Waals surface area contributed by atoms with E-state index in [1.807, 2.05) is 6.92 Å². The first-order valence-electron chi connectivity index (χ1n) is 9.37. The highest BCUT2D eigenvalue weighted by Crippen LogP contribution is 2.13. The molecule has 0 aliphatic heterocycles. The second kappa shape index (κ2) is 14.8. The van der Waals surface area contributed by atoms with Crippen molar-refractivity contribution in [1.29, 1.82) is 0 Å². The van der Waals surface area contributed by atoms with E-state index in [9.17, 15) is 5.11 Å². The fourth-order valence-corrected chi connectivity index (χ4v) is 2.64. The highest BCUT2D eigenvalue weighted by molar-refractivity contribution is 4.64.